The van der Waals surface area contributed by atoms with Crippen molar-refractivity contribution in [3.05, 3.63) is 72.6 Å². The number of nitrogens with zero attached hydrogens (tertiary/aromatic N) is 4. The zero-order valence-corrected chi connectivity index (χ0v) is 17.5. The summed E-state index contributed by atoms with van der Waals surface area (Å²) in [5.74, 6) is -0.203. The molecule has 31 heavy (non-hydrogen) atoms. The molecule has 0 saturated carbocycles. The Kier molecular flexibility index (Phi) is 4.82. The van der Waals surface area contributed by atoms with Gasteiger partial charge in [-0.05, 0) is 35.4 Å². The van der Waals surface area contributed by atoms with E-state index in [0.717, 1.165) is 48.2 Å². The molecule has 3 aromatic rings. The SMILES string of the molecule is C[C@@]1(c2cccc3ccccc23)NC(=O)N(CN2CCN(c3ccncc3)CC2)C1=O. The normalized spacial score (nSPS) is 22.2. The van der Waals surface area contributed by atoms with E-state index in [1.807, 2.05) is 54.6 Å². The number of benzene rings is 2. The van der Waals surface area contributed by atoms with Gasteiger partial charge in [-0.3, -0.25) is 14.7 Å². The number of hydrogen-bond acceptors (Lipinski definition) is 5. The van der Waals surface area contributed by atoms with Gasteiger partial charge >= 0.3 is 6.03 Å². The quantitative estimate of drug-likeness (QED) is 0.664. The van der Waals surface area contributed by atoms with E-state index in [0.29, 0.717) is 6.67 Å². The van der Waals surface area contributed by atoms with Gasteiger partial charge in [0.1, 0.15) is 5.54 Å². The third-order valence-electron chi connectivity index (χ3n) is 6.34. The minimum absolute atomic E-state index is 0.203. The number of urea groups is 1. The summed E-state index contributed by atoms with van der Waals surface area (Å²) in [5.41, 5.74) is 0.902. The summed E-state index contributed by atoms with van der Waals surface area (Å²) >= 11 is 0. The van der Waals surface area contributed by atoms with Gasteiger partial charge in [-0.25, -0.2) is 9.69 Å². The fraction of sp³-hybridized carbons (Fsp3) is 0.292. The second-order valence-corrected chi connectivity index (χ2v) is 8.27. The molecule has 2 aromatic carbocycles. The van der Waals surface area contributed by atoms with Crippen LogP contribution in [0.15, 0.2) is 67.0 Å². The van der Waals surface area contributed by atoms with Crippen molar-refractivity contribution in [2.75, 3.05) is 37.7 Å². The molecule has 5 rings (SSSR count). The largest absolute Gasteiger partial charge is 0.369 e. The van der Waals surface area contributed by atoms with Gasteiger partial charge in [0.2, 0.25) is 0 Å². The van der Waals surface area contributed by atoms with E-state index >= 15 is 0 Å². The van der Waals surface area contributed by atoms with Crippen molar-refractivity contribution < 1.29 is 9.59 Å². The number of piperazine rings is 1. The number of carbonyl (C=O) groups is 2. The fourth-order valence-corrected chi connectivity index (χ4v) is 4.57. The van der Waals surface area contributed by atoms with E-state index in [2.05, 4.69) is 20.1 Å². The Morgan fingerprint density at radius 3 is 2.42 bits per heavy atom. The molecule has 2 fully saturated rings. The van der Waals surface area contributed by atoms with Crippen LogP contribution in [-0.2, 0) is 10.3 Å². The number of carbonyl (C=O) groups excluding carboxylic acids is 2. The molecule has 0 radical (unpaired) electrons. The second kappa shape index (κ2) is 7.67. The molecule has 3 amide bonds. The van der Waals surface area contributed by atoms with Crippen LogP contribution in [-0.4, -0.2) is 59.6 Å². The lowest BCUT2D eigenvalue weighted by Crippen LogP contribution is -2.51. The lowest BCUT2D eigenvalue weighted by atomic mass is 9.88. The highest BCUT2D eigenvalue weighted by atomic mass is 16.2. The van der Waals surface area contributed by atoms with E-state index < -0.39 is 5.54 Å². The highest BCUT2D eigenvalue weighted by Gasteiger charge is 2.50. The van der Waals surface area contributed by atoms with Crippen LogP contribution in [0.25, 0.3) is 10.8 Å². The van der Waals surface area contributed by atoms with E-state index in [-0.39, 0.29) is 11.9 Å². The molecule has 0 aliphatic carbocycles. The summed E-state index contributed by atoms with van der Waals surface area (Å²) in [6, 6.07) is 17.5. The number of hydrogen-bond donors (Lipinski definition) is 1. The molecule has 3 heterocycles. The van der Waals surface area contributed by atoms with Crippen LogP contribution in [0.4, 0.5) is 10.5 Å². The number of amides is 3. The molecule has 1 atom stereocenters. The number of nitrogens with one attached hydrogen (secondary N) is 1. The Balaban J connectivity index is 1.32. The molecule has 0 bridgehead atoms. The monoisotopic (exact) mass is 415 g/mol. The standard InChI is InChI=1S/C24H25N5O2/c1-24(21-8-4-6-18-5-2-3-7-20(18)21)22(30)29(23(31)26-24)17-27-13-15-28(16-14-27)19-9-11-25-12-10-19/h2-12H,13-17H2,1H3,(H,26,31)/t24-/m0/s1. The first-order valence-corrected chi connectivity index (χ1v) is 10.6. The van der Waals surface area contributed by atoms with Gasteiger partial charge in [0, 0.05) is 44.3 Å². The summed E-state index contributed by atoms with van der Waals surface area (Å²) in [7, 11) is 0. The molecule has 7 heteroatoms. The van der Waals surface area contributed by atoms with Crippen LogP contribution >= 0.6 is 0 Å². The van der Waals surface area contributed by atoms with Crippen LogP contribution in [0, 0.1) is 0 Å². The molecule has 2 aliphatic rings. The molecular formula is C24H25N5O2. The first kappa shape index (κ1) is 19.5. The zero-order valence-electron chi connectivity index (χ0n) is 17.5. The molecule has 7 nitrogen and oxygen atoms in total. The minimum atomic E-state index is -1.07. The Morgan fingerprint density at radius 2 is 1.65 bits per heavy atom. The predicted molar refractivity (Wildman–Crippen MR) is 120 cm³/mol. The Morgan fingerprint density at radius 1 is 0.935 bits per heavy atom. The second-order valence-electron chi connectivity index (χ2n) is 8.27. The van der Waals surface area contributed by atoms with Crippen LogP contribution in [0.5, 0.6) is 0 Å². The lowest BCUT2D eigenvalue weighted by Gasteiger charge is -2.37. The topological polar surface area (TPSA) is 68.8 Å². The van der Waals surface area contributed by atoms with Crippen LogP contribution < -0.4 is 10.2 Å². The summed E-state index contributed by atoms with van der Waals surface area (Å²) in [4.78, 5) is 36.1. The first-order chi connectivity index (χ1) is 15.1. The number of rotatable bonds is 4. The van der Waals surface area contributed by atoms with E-state index in [1.54, 1.807) is 19.3 Å². The third-order valence-corrected chi connectivity index (χ3v) is 6.34. The number of pyridine rings is 1. The van der Waals surface area contributed by atoms with Gasteiger partial charge in [-0.15, -0.1) is 0 Å². The molecule has 158 valence electrons. The Labute approximate surface area is 181 Å². The van der Waals surface area contributed by atoms with E-state index in [1.165, 1.54) is 4.90 Å². The van der Waals surface area contributed by atoms with Crippen LogP contribution in [0.3, 0.4) is 0 Å². The van der Waals surface area contributed by atoms with Crippen molar-refractivity contribution in [1.29, 1.82) is 0 Å². The van der Waals surface area contributed by atoms with Gasteiger partial charge in [0.25, 0.3) is 5.91 Å². The predicted octanol–water partition coefficient (Wildman–Crippen LogP) is 2.78. The molecule has 2 aliphatic heterocycles. The van der Waals surface area contributed by atoms with Gasteiger partial charge in [0.15, 0.2) is 0 Å². The minimum Gasteiger partial charge on any atom is -0.369 e. The number of fused-ring (bicyclic) bond motifs is 1. The van der Waals surface area contributed by atoms with Crippen molar-refractivity contribution in [2.24, 2.45) is 0 Å². The van der Waals surface area contributed by atoms with Crippen molar-refractivity contribution in [1.82, 2.24) is 20.1 Å². The average molecular weight is 415 g/mol. The van der Waals surface area contributed by atoms with Gasteiger partial charge in [0.05, 0.1) is 6.67 Å². The molecule has 2 saturated heterocycles. The van der Waals surface area contributed by atoms with Crippen molar-refractivity contribution in [3.63, 3.8) is 0 Å². The summed E-state index contributed by atoms with van der Waals surface area (Å²) in [6.07, 6.45) is 3.59. The zero-order chi connectivity index (χ0) is 21.4. The number of anilines is 1. The first-order valence-electron chi connectivity index (χ1n) is 10.6. The van der Waals surface area contributed by atoms with Crippen molar-refractivity contribution >= 4 is 28.4 Å². The maximum atomic E-state index is 13.4. The van der Waals surface area contributed by atoms with Crippen molar-refractivity contribution in [2.45, 2.75) is 12.5 Å². The Bertz CT molecular complexity index is 1120. The molecule has 0 spiro atoms. The maximum absolute atomic E-state index is 13.4. The van der Waals surface area contributed by atoms with Gasteiger partial charge in [-0.2, -0.15) is 0 Å². The number of imide groups is 1. The smallest absolute Gasteiger partial charge is 0.326 e. The molecule has 0 unspecified atom stereocenters. The van der Waals surface area contributed by atoms with Crippen molar-refractivity contribution in [3.8, 4) is 0 Å². The maximum Gasteiger partial charge on any atom is 0.326 e. The Hall–Kier alpha value is -3.45. The van der Waals surface area contributed by atoms with Gasteiger partial charge in [-0.1, -0.05) is 42.5 Å². The van der Waals surface area contributed by atoms with Crippen LogP contribution in [0.1, 0.15) is 12.5 Å². The summed E-state index contributed by atoms with van der Waals surface area (Å²) in [6.45, 7) is 5.35. The fourth-order valence-electron chi connectivity index (χ4n) is 4.57. The third kappa shape index (κ3) is 3.41. The van der Waals surface area contributed by atoms with Crippen LogP contribution in [0.2, 0.25) is 0 Å². The highest BCUT2D eigenvalue weighted by molar-refractivity contribution is 6.09. The van der Waals surface area contributed by atoms with E-state index in [4.69, 9.17) is 0 Å². The highest BCUT2D eigenvalue weighted by Crippen LogP contribution is 2.34. The summed E-state index contributed by atoms with van der Waals surface area (Å²) in [5, 5.41) is 4.99. The number of aromatic nitrogens is 1. The van der Waals surface area contributed by atoms with E-state index in [9.17, 15) is 9.59 Å². The molecular weight excluding hydrogens is 390 g/mol. The van der Waals surface area contributed by atoms with Gasteiger partial charge < -0.3 is 10.2 Å². The average Bonchev–Trinajstić information content (AvgIpc) is 3.03. The molecule has 1 N–H and O–H groups in total. The lowest BCUT2D eigenvalue weighted by molar-refractivity contribution is -0.132. The summed E-state index contributed by atoms with van der Waals surface area (Å²) < 4.78 is 0. The molecule has 1 aromatic heterocycles.